The zero-order chi connectivity index (χ0) is 26.8. The summed E-state index contributed by atoms with van der Waals surface area (Å²) in [6.45, 7) is 1.85. The van der Waals surface area contributed by atoms with E-state index in [0.29, 0.717) is 37.0 Å². The Bertz CT molecular complexity index is 1310. The number of anilines is 2. The summed E-state index contributed by atoms with van der Waals surface area (Å²) in [6, 6.07) is 17.4. The van der Waals surface area contributed by atoms with Gasteiger partial charge in [-0.1, -0.05) is 36.7 Å². The number of halogens is 2. The molecule has 0 radical (unpaired) electrons. The van der Waals surface area contributed by atoms with Crippen LogP contribution >= 0.6 is 34.2 Å². The molecule has 0 bridgehead atoms. The normalized spacial score (nSPS) is 10.6. The van der Waals surface area contributed by atoms with E-state index in [9.17, 15) is 14.4 Å². The van der Waals surface area contributed by atoms with Gasteiger partial charge in [0.05, 0.1) is 16.9 Å². The summed E-state index contributed by atoms with van der Waals surface area (Å²) in [7, 11) is 1.47. The zero-order valence-corrected chi connectivity index (χ0v) is 22.9. The Morgan fingerprint density at radius 3 is 2.43 bits per heavy atom. The van der Waals surface area contributed by atoms with Gasteiger partial charge in [-0.3, -0.25) is 14.4 Å². The molecule has 3 rings (SSSR count). The van der Waals surface area contributed by atoms with Crippen LogP contribution in [0.1, 0.15) is 18.1 Å². The van der Waals surface area contributed by atoms with E-state index in [-0.39, 0.29) is 12.5 Å². The minimum atomic E-state index is -0.951. The molecule has 3 amide bonds. The minimum Gasteiger partial charge on any atom is -0.493 e. The fourth-order valence-corrected chi connectivity index (χ4v) is 4.05. The molecular weight excluding hydrogens is 611 g/mol. The lowest BCUT2D eigenvalue weighted by atomic mass is 10.1. The van der Waals surface area contributed by atoms with Crippen molar-refractivity contribution in [3.63, 3.8) is 0 Å². The molecule has 3 aromatic rings. The molecule has 0 aliphatic heterocycles. The molecule has 0 saturated heterocycles. The van der Waals surface area contributed by atoms with Gasteiger partial charge < -0.3 is 20.1 Å². The van der Waals surface area contributed by atoms with E-state index in [1.807, 2.05) is 46.9 Å². The standard InChI is InChI=1S/C26H24ClIN4O5/c1-3-16-7-9-19(10-8-16)30-23(33)15-37-24-21(28)11-17(12-22(24)36-2)14-29-32-26(35)25(34)31-20-6-4-5-18(27)13-20/h4-14H,3,15H2,1-2H3,(H,30,33)(H,31,34)(H,32,35)/b29-14-. The Hall–Kier alpha value is -3.64. The van der Waals surface area contributed by atoms with Gasteiger partial charge in [0.2, 0.25) is 0 Å². The summed E-state index contributed by atoms with van der Waals surface area (Å²) >= 11 is 7.91. The quantitative estimate of drug-likeness (QED) is 0.137. The molecule has 0 atom stereocenters. The average Bonchev–Trinajstić information content (AvgIpc) is 2.88. The maximum atomic E-state index is 12.3. The molecule has 0 heterocycles. The van der Waals surface area contributed by atoms with E-state index in [4.69, 9.17) is 21.1 Å². The first-order chi connectivity index (χ1) is 17.8. The number of hydrogen-bond acceptors (Lipinski definition) is 6. The topological polar surface area (TPSA) is 118 Å². The fourth-order valence-electron chi connectivity index (χ4n) is 3.08. The molecule has 9 nitrogen and oxygen atoms in total. The minimum absolute atomic E-state index is 0.215. The van der Waals surface area contributed by atoms with Crippen LogP contribution in [-0.4, -0.2) is 37.7 Å². The molecule has 0 aliphatic carbocycles. The second-order valence-electron chi connectivity index (χ2n) is 7.59. The van der Waals surface area contributed by atoms with Crippen LogP contribution in [-0.2, 0) is 20.8 Å². The second kappa shape index (κ2) is 13.6. The summed E-state index contributed by atoms with van der Waals surface area (Å²) in [5, 5.41) is 9.47. The van der Waals surface area contributed by atoms with Gasteiger partial charge in [-0.15, -0.1) is 0 Å². The number of nitrogens with one attached hydrogen (secondary N) is 3. The van der Waals surface area contributed by atoms with Gasteiger partial charge in [0.25, 0.3) is 5.91 Å². The largest absolute Gasteiger partial charge is 0.493 e. The Balaban J connectivity index is 1.57. The van der Waals surface area contributed by atoms with E-state index < -0.39 is 11.8 Å². The predicted molar refractivity (Wildman–Crippen MR) is 151 cm³/mol. The van der Waals surface area contributed by atoms with Crippen LogP contribution in [0.2, 0.25) is 5.02 Å². The van der Waals surface area contributed by atoms with Crippen LogP contribution in [0.5, 0.6) is 11.5 Å². The SMILES string of the molecule is CCc1ccc(NC(=O)COc2c(I)cc(/C=N\NC(=O)C(=O)Nc3cccc(Cl)c3)cc2OC)cc1. The van der Waals surface area contributed by atoms with Crippen LogP contribution in [0.25, 0.3) is 0 Å². The highest BCUT2D eigenvalue weighted by Crippen LogP contribution is 2.33. The second-order valence-corrected chi connectivity index (χ2v) is 9.18. The lowest BCUT2D eigenvalue weighted by molar-refractivity contribution is -0.136. The van der Waals surface area contributed by atoms with Crippen molar-refractivity contribution in [1.82, 2.24) is 5.43 Å². The summed E-state index contributed by atoms with van der Waals surface area (Å²) in [6.07, 6.45) is 2.27. The Labute approximate surface area is 232 Å². The van der Waals surface area contributed by atoms with Crippen LogP contribution in [0.3, 0.4) is 0 Å². The molecule has 11 heteroatoms. The van der Waals surface area contributed by atoms with Crippen molar-refractivity contribution in [1.29, 1.82) is 0 Å². The Kier molecular flexibility index (Phi) is 10.3. The molecule has 0 fully saturated rings. The molecule has 0 unspecified atom stereocenters. The monoisotopic (exact) mass is 634 g/mol. The van der Waals surface area contributed by atoms with Gasteiger partial charge in [0, 0.05) is 16.4 Å². The van der Waals surface area contributed by atoms with E-state index >= 15 is 0 Å². The van der Waals surface area contributed by atoms with E-state index in [1.165, 1.54) is 25.0 Å². The van der Waals surface area contributed by atoms with E-state index in [1.54, 1.807) is 30.3 Å². The van der Waals surface area contributed by atoms with Crippen molar-refractivity contribution in [3.8, 4) is 11.5 Å². The van der Waals surface area contributed by atoms with Crippen LogP contribution in [0.4, 0.5) is 11.4 Å². The molecular formula is C26H24ClIN4O5. The molecule has 0 aromatic heterocycles. The summed E-state index contributed by atoms with van der Waals surface area (Å²) in [5.74, 6) is -1.39. The fraction of sp³-hybridized carbons (Fsp3) is 0.154. The predicted octanol–water partition coefficient (Wildman–Crippen LogP) is 4.62. The number of carbonyl (C=O) groups excluding carboxylic acids is 3. The highest BCUT2D eigenvalue weighted by Gasteiger charge is 2.15. The summed E-state index contributed by atoms with van der Waals surface area (Å²) in [5.41, 5.74) is 4.98. The number of carbonyl (C=O) groups is 3. The first-order valence-electron chi connectivity index (χ1n) is 11.1. The van der Waals surface area contributed by atoms with Crippen LogP contribution < -0.4 is 25.5 Å². The Morgan fingerprint density at radius 1 is 1.00 bits per heavy atom. The molecule has 0 spiro atoms. The maximum Gasteiger partial charge on any atom is 0.329 e. The number of hydrazone groups is 1. The lowest BCUT2D eigenvalue weighted by Gasteiger charge is -2.13. The number of rotatable bonds is 9. The number of ether oxygens (including phenoxy) is 2. The van der Waals surface area contributed by atoms with Gasteiger partial charge in [-0.2, -0.15) is 5.10 Å². The summed E-state index contributed by atoms with van der Waals surface area (Å²) in [4.78, 5) is 36.4. The number of methoxy groups -OCH3 is 1. The number of nitrogens with zero attached hydrogens (tertiary/aromatic N) is 1. The Morgan fingerprint density at radius 2 is 1.76 bits per heavy atom. The summed E-state index contributed by atoms with van der Waals surface area (Å²) < 4.78 is 11.8. The van der Waals surface area contributed by atoms with Crippen molar-refractivity contribution < 1.29 is 23.9 Å². The third-order valence-corrected chi connectivity index (χ3v) is 5.95. The van der Waals surface area contributed by atoms with Gasteiger partial charge >= 0.3 is 11.8 Å². The highest BCUT2D eigenvalue weighted by molar-refractivity contribution is 14.1. The molecule has 192 valence electrons. The molecule has 37 heavy (non-hydrogen) atoms. The van der Waals surface area contributed by atoms with Gasteiger partial charge in [-0.25, -0.2) is 5.43 Å². The number of hydrogen-bond donors (Lipinski definition) is 3. The average molecular weight is 635 g/mol. The van der Waals surface area contributed by atoms with Crippen LogP contribution in [0, 0.1) is 3.57 Å². The van der Waals surface area contributed by atoms with Crippen molar-refractivity contribution in [2.45, 2.75) is 13.3 Å². The van der Waals surface area contributed by atoms with Crippen molar-refractivity contribution >= 4 is 69.5 Å². The molecule has 0 saturated carbocycles. The third kappa shape index (κ3) is 8.46. The van der Waals surface area contributed by atoms with Gasteiger partial charge in [-0.05, 0) is 82.6 Å². The number of benzene rings is 3. The van der Waals surface area contributed by atoms with Crippen molar-refractivity contribution in [2.75, 3.05) is 24.4 Å². The van der Waals surface area contributed by atoms with Crippen molar-refractivity contribution in [2.24, 2.45) is 5.10 Å². The van der Waals surface area contributed by atoms with Gasteiger partial charge in [0.1, 0.15) is 0 Å². The zero-order valence-electron chi connectivity index (χ0n) is 20.0. The maximum absolute atomic E-state index is 12.3. The third-order valence-electron chi connectivity index (χ3n) is 4.91. The van der Waals surface area contributed by atoms with Crippen LogP contribution in [0.15, 0.2) is 65.8 Å². The van der Waals surface area contributed by atoms with E-state index in [0.717, 1.165) is 6.42 Å². The lowest BCUT2D eigenvalue weighted by Crippen LogP contribution is -2.32. The molecule has 3 aromatic carbocycles. The van der Waals surface area contributed by atoms with E-state index in [2.05, 4.69) is 28.1 Å². The van der Waals surface area contributed by atoms with Crippen molar-refractivity contribution in [3.05, 3.63) is 80.4 Å². The number of amides is 3. The molecule has 0 aliphatic rings. The number of aryl methyl sites for hydroxylation is 1. The van der Waals surface area contributed by atoms with Gasteiger partial charge in [0.15, 0.2) is 18.1 Å². The first-order valence-corrected chi connectivity index (χ1v) is 12.5. The highest BCUT2D eigenvalue weighted by atomic mass is 127. The first kappa shape index (κ1) is 27.9. The smallest absolute Gasteiger partial charge is 0.329 e. The molecule has 3 N–H and O–H groups in total.